The fourth-order valence-electron chi connectivity index (χ4n) is 0.602. The molecule has 58 valence electrons. The van der Waals surface area contributed by atoms with Crippen LogP contribution in [0.1, 0.15) is 6.42 Å². The first-order valence-corrected chi connectivity index (χ1v) is 4.72. The molecule has 2 amide bonds. The quantitative estimate of drug-likeness (QED) is 0.253. The van der Waals surface area contributed by atoms with E-state index in [1.165, 1.54) is 0 Å². The molecule has 0 bridgehead atoms. The van der Waals surface area contributed by atoms with Crippen LogP contribution in [0.5, 0.6) is 0 Å². The zero-order chi connectivity index (χ0) is 7.72. The van der Waals surface area contributed by atoms with Crippen molar-refractivity contribution in [2.45, 2.75) is 6.42 Å². The summed E-state index contributed by atoms with van der Waals surface area (Å²) in [6.45, 7) is 0. The zero-order valence-corrected chi connectivity index (χ0v) is 7.95. The average Bonchev–Trinajstić information content (AvgIpc) is 1.84. The third-order valence-corrected chi connectivity index (χ3v) is 3.59. The van der Waals surface area contributed by atoms with Crippen LogP contribution in [0.15, 0.2) is 0 Å². The van der Waals surface area contributed by atoms with Crippen LogP contribution in [-0.4, -0.2) is 32.1 Å². The second-order valence-corrected chi connectivity index (χ2v) is 5.32. The van der Waals surface area contributed by atoms with Gasteiger partial charge in [-0.15, -0.1) is 0 Å². The first-order chi connectivity index (χ1) is 4.61. The maximum absolute atomic E-state index is 10.9. The van der Waals surface area contributed by atoms with Crippen LogP contribution in [0, 0.1) is 0 Å². The molecule has 0 N–H and O–H groups in total. The summed E-state index contributed by atoms with van der Waals surface area (Å²) in [6.07, 6.45) is 0.0483. The molecule has 10 heavy (non-hydrogen) atoms. The van der Waals surface area contributed by atoms with Crippen LogP contribution in [-0.2, 0) is 9.59 Å². The molecule has 0 aliphatic carbocycles. The molecule has 0 radical (unpaired) electrons. The van der Waals surface area contributed by atoms with E-state index in [-0.39, 0.29) is 18.2 Å². The Morgan fingerprint density at radius 3 is 1.90 bits per heavy atom. The Labute approximate surface area is 70.1 Å². The molecule has 0 aromatic heterocycles. The number of hydrogen-bond acceptors (Lipinski definition) is 2. The standard InChI is InChI=1S/C5H8IN2O2/c1-7-4(9)3-5(10)8(2)6-7/h3H2,1-2H3/q-1. The molecule has 0 atom stereocenters. The predicted molar refractivity (Wildman–Crippen MR) is 30.2 cm³/mol. The van der Waals surface area contributed by atoms with E-state index in [1.807, 2.05) is 0 Å². The Hall–Kier alpha value is -0.330. The van der Waals surface area contributed by atoms with Gasteiger partial charge in [-0.3, -0.25) is 0 Å². The van der Waals surface area contributed by atoms with Crippen LogP contribution < -0.4 is 21.8 Å². The molecular weight excluding hydrogens is 247 g/mol. The molecule has 0 aromatic carbocycles. The molecule has 0 spiro atoms. The van der Waals surface area contributed by atoms with Crippen LogP contribution in [0.25, 0.3) is 0 Å². The van der Waals surface area contributed by atoms with E-state index in [0.717, 1.165) is 0 Å². The molecule has 1 fully saturated rings. The van der Waals surface area contributed by atoms with Crippen molar-refractivity contribution in [3.8, 4) is 0 Å². The molecule has 1 aliphatic heterocycles. The van der Waals surface area contributed by atoms with Crippen molar-refractivity contribution in [1.82, 2.24) is 6.23 Å². The molecular formula is C5H8IN2O2-. The monoisotopic (exact) mass is 255 g/mol. The van der Waals surface area contributed by atoms with Crippen LogP contribution in [0.3, 0.4) is 0 Å². The summed E-state index contributed by atoms with van der Waals surface area (Å²) in [7, 11) is 3.47. The summed E-state index contributed by atoms with van der Waals surface area (Å²) in [5.41, 5.74) is 0. The summed E-state index contributed by atoms with van der Waals surface area (Å²) in [4.78, 5) is 21.7. The Bertz CT molecular complexity index is 164. The number of halogens is 1. The van der Waals surface area contributed by atoms with Gasteiger partial charge < -0.3 is 0 Å². The van der Waals surface area contributed by atoms with Gasteiger partial charge in [-0.2, -0.15) is 0 Å². The topological polar surface area (TPSA) is 40.6 Å². The fourth-order valence-corrected chi connectivity index (χ4v) is 2.39. The van der Waals surface area contributed by atoms with Crippen molar-refractivity contribution in [2.24, 2.45) is 0 Å². The number of nitrogens with zero attached hydrogens (tertiary/aromatic N) is 2. The second kappa shape index (κ2) is 2.73. The molecule has 0 saturated carbocycles. The van der Waals surface area contributed by atoms with Gasteiger partial charge in [-0.05, 0) is 0 Å². The van der Waals surface area contributed by atoms with Gasteiger partial charge >= 0.3 is 69.9 Å². The Balaban J connectivity index is 2.63. The van der Waals surface area contributed by atoms with Gasteiger partial charge in [0.2, 0.25) is 0 Å². The summed E-state index contributed by atoms with van der Waals surface area (Å²) in [6, 6.07) is 0. The Morgan fingerprint density at radius 1 is 1.20 bits per heavy atom. The number of carbonyl (C=O) groups excluding carboxylic acids is 2. The van der Waals surface area contributed by atoms with Crippen molar-refractivity contribution in [3.05, 3.63) is 0 Å². The molecule has 1 rings (SSSR count). The SMILES string of the molecule is CN1[I-]N(C)C(=O)CC1=O. The second-order valence-electron chi connectivity index (χ2n) is 1.99. The number of hydrogen-bond donors (Lipinski definition) is 0. The van der Waals surface area contributed by atoms with Crippen molar-refractivity contribution in [1.29, 1.82) is 0 Å². The number of carbonyl (C=O) groups is 2. The molecule has 1 saturated heterocycles. The van der Waals surface area contributed by atoms with Gasteiger partial charge in [-0.1, -0.05) is 0 Å². The third-order valence-electron chi connectivity index (χ3n) is 1.22. The maximum atomic E-state index is 10.9. The zero-order valence-electron chi connectivity index (χ0n) is 5.80. The van der Waals surface area contributed by atoms with E-state index in [2.05, 4.69) is 0 Å². The van der Waals surface area contributed by atoms with Crippen molar-refractivity contribution < 1.29 is 31.3 Å². The van der Waals surface area contributed by atoms with Gasteiger partial charge in [0.05, 0.1) is 0 Å². The third kappa shape index (κ3) is 1.39. The van der Waals surface area contributed by atoms with Crippen molar-refractivity contribution >= 4 is 11.8 Å². The Kier molecular flexibility index (Phi) is 2.12. The fraction of sp³-hybridized carbons (Fsp3) is 0.600. The van der Waals surface area contributed by atoms with Crippen molar-refractivity contribution in [2.75, 3.05) is 14.1 Å². The van der Waals surface area contributed by atoms with Gasteiger partial charge in [0.25, 0.3) is 0 Å². The number of amides is 2. The summed E-state index contributed by atoms with van der Waals surface area (Å²) in [5, 5.41) is 0. The molecule has 4 nitrogen and oxygen atoms in total. The van der Waals surface area contributed by atoms with E-state index in [9.17, 15) is 9.59 Å². The molecule has 0 aromatic rings. The van der Waals surface area contributed by atoms with E-state index < -0.39 is 21.8 Å². The molecule has 1 aliphatic rings. The van der Waals surface area contributed by atoms with Crippen LogP contribution in [0.4, 0.5) is 0 Å². The van der Waals surface area contributed by atoms with E-state index in [4.69, 9.17) is 0 Å². The summed E-state index contributed by atoms with van der Waals surface area (Å²) >= 11 is -0.524. The summed E-state index contributed by atoms with van der Waals surface area (Å²) in [5.74, 6) is -0.0909. The van der Waals surface area contributed by atoms with Crippen LogP contribution in [0.2, 0.25) is 0 Å². The van der Waals surface area contributed by atoms with E-state index in [1.54, 1.807) is 20.3 Å². The van der Waals surface area contributed by atoms with E-state index >= 15 is 0 Å². The van der Waals surface area contributed by atoms with E-state index in [0.29, 0.717) is 0 Å². The van der Waals surface area contributed by atoms with Gasteiger partial charge in [0.15, 0.2) is 0 Å². The van der Waals surface area contributed by atoms with Gasteiger partial charge in [0, 0.05) is 0 Å². The normalized spacial score (nSPS) is 21.0. The minimum absolute atomic E-state index is 0.0455. The minimum atomic E-state index is -0.524. The molecule has 5 heteroatoms. The Morgan fingerprint density at radius 2 is 1.60 bits per heavy atom. The summed E-state index contributed by atoms with van der Waals surface area (Å²) < 4.78 is 3.28. The van der Waals surface area contributed by atoms with Crippen molar-refractivity contribution in [3.63, 3.8) is 0 Å². The van der Waals surface area contributed by atoms with Gasteiger partial charge in [0.1, 0.15) is 0 Å². The predicted octanol–water partition coefficient (Wildman–Crippen LogP) is -3.77. The molecule has 1 heterocycles. The molecule has 0 unspecified atom stereocenters. The average molecular weight is 255 g/mol. The first-order valence-electron chi connectivity index (χ1n) is 2.80. The number of rotatable bonds is 0. The van der Waals surface area contributed by atoms with Crippen LogP contribution >= 0.6 is 0 Å². The first kappa shape index (κ1) is 7.77. The van der Waals surface area contributed by atoms with Gasteiger partial charge in [-0.25, -0.2) is 0 Å².